The minimum absolute atomic E-state index is 0.0606. The van der Waals surface area contributed by atoms with Crippen LogP contribution in [0.1, 0.15) is 31.2 Å². The van der Waals surface area contributed by atoms with Gasteiger partial charge in [-0.3, -0.25) is 14.9 Å². The van der Waals surface area contributed by atoms with Gasteiger partial charge < -0.3 is 4.74 Å². The molecule has 26 heavy (non-hydrogen) atoms. The molecular formula is C16H16N2O6S2. The van der Waals surface area contributed by atoms with Crippen LogP contribution in [0.2, 0.25) is 0 Å². The molecule has 1 heterocycles. The number of esters is 1. The molecule has 0 saturated carbocycles. The molecule has 8 nitrogen and oxygen atoms in total. The Morgan fingerprint density at radius 3 is 2.50 bits per heavy atom. The Balaban J connectivity index is 2.05. The van der Waals surface area contributed by atoms with Gasteiger partial charge in [0, 0.05) is 0 Å². The van der Waals surface area contributed by atoms with E-state index in [4.69, 9.17) is 9.88 Å². The van der Waals surface area contributed by atoms with Gasteiger partial charge in [-0.25, -0.2) is 18.4 Å². The number of primary sulfonamides is 1. The largest absolute Gasteiger partial charge is 0.452 e. The van der Waals surface area contributed by atoms with Crippen molar-refractivity contribution in [1.82, 2.24) is 5.32 Å². The van der Waals surface area contributed by atoms with Crippen molar-refractivity contribution in [3.8, 4) is 0 Å². The number of carbonyl (C=O) groups is 3. The van der Waals surface area contributed by atoms with E-state index in [-0.39, 0.29) is 10.5 Å². The van der Waals surface area contributed by atoms with Crippen LogP contribution in [0.15, 0.2) is 34.5 Å². The van der Waals surface area contributed by atoms with Crippen molar-refractivity contribution in [2.24, 2.45) is 5.14 Å². The lowest BCUT2D eigenvalue weighted by Gasteiger charge is -2.10. The number of rotatable bonds is 5. The van der Waals surface area contributed by atoms with Crippen molar-refractivity contribution >= 4 is 39.1 Å². The summed E-state index contributed by atoms with van der Waals surface area (Å²) in [6, 6.07) is 5.73. The first-order valence-corrected chi connectivity index (χ1v) is 9.71. The fourth-order valence-corrected chi connectivity index (χ4v) is 3.58. The number of imide groups is 1. The SMILES string of the molecule is Cc1cc(C(=O)OCC(=O)NC(=O)c2cccs2)cc(S(N)(=O)=O)c1C. The van der Waals surface area contributed by atoms with Gasteiger partial charge >= 0.3 is 5.97 Å². The molecule has 0 radical (unpaired) electrons. The van der Waals surface area contributed by atoms with Gasteiger partial charge in [0.05, 0.1) is 15.3 Å². The molecule has 0 aliphatic rings. The fourth-order valence-electron chi connectivity index (χ4n) is 2.09. The Morgan fingerprint density at radius 1 is 1.23 bits per heavy atom. The van der Waals surface area contributed by atoms with E-state index in [1.165, 1.54) is 6.07 Å². The number of hydrogen-bond acceptors (Lipinski definition) is 7. The predicted octanol–water partition coefficient (Wildman–Crippen LogP) is 1.13. The van der Waals surface area contributed by atoms with Gasteiger partial charge in [0.1, 0.15) is 0 Å². The van der Waals surface area contributed by atoms with Crippen LogP contribution in [0.5, 0.6) is 0 Å². The van der Waals surface area contributed by atoms with Crippen molar-refractivity contribution in [3.63, 3.8) is 0 Å². The van der Waals surface area contributed by atoms with E-state index < -0.39 is 34.4 Å². The molecule has 2 aromatic rings. The van der Waals surface area contributed by atoms with Gasteiger partial charge in [-0.15, -0.1) is 11.3 Å². The second-order valence-electron chi connectivity index (χ2n) is 5.39. The molecule has 1 aromatic carbocycles. The van der Waals surface area contributed by atoms with Crippen LogP contribution in [0.4, 0.5) is 0 Å². The molecular weight excluding hydrogens is 380 g/mol. The third-order valence-electron chi connectivity index (χ3n) is 3.49. The zero-order valence-corrected chi connectivity index (χ0v) is 15.6. The normalized spacial score (nSPS) is 11.0. The number of benzene rings is 1. The molecule has 0 fully saturated rings. The van der Waals surface area contributed by atoms with E-state index >= 15 is 0 Å². The maximum absolute atomic E-state index is 12.1. The average Bonchev–Trinajstić information content (AvgIpc) is 3.08. The monoisotopic (exact) mass is 396 g/mol. The average molecular weight is 396 g/mol. The molecule has 0 bridgehead atoms. The van der Waals surface area contributed by atoms with Gasteiger partial charge in [0.15, 0.2) is 6.61 Å². The third-order valence-corrected chi connectivity index (χ3v) is 5.40. The second-order valence-corrected chi connectivity index (χ2v) is 7.87. The van der Waals surface area contributed by atoms with Crippen LogP contribution in [0.3, 0.4) is 0 Å². The summed E-state index contributed by atoms with van der Waals surface area (Å²) in [6.45, 7) is 2.49. The maximum atomic E-state index is 12.1. The lowest BCUT2D eigenvalue weighted by atomic mass is 10.1. The van der Waals surface area contributed by atoms with E-state index in [0.29, 0.717) is 16.0 Å². The number of amides is 2. The van der Waals surface area contributed by atoms with Crippen molar-refractivity contribution < 1.29 is 27.5 Å². The number of carbonyl (C=O) groups excluding carboxylic acids is 3. The van der Waals surface area contributed by atoms with Crippen molar-refractivity contribution in [3.05, 3.63) is 51.2 Å². The van der Waals surface area contributed by atoms with E-state index in [9.17, 15) is 22.8 Å². The fraction of sp³-hybridized carbons (Fsp3) is 0.188. The van der Waals surface area contributed by atoms with E-state index in [1.54, 1.807) is 31.4 Å². The van der Waals surface area contributed by atoms with Crippen LogP contribution in [0.25, 0.3) is 0 Å². The highest BCUT2D eigenvalue weighted by molar-refractivity contribution is 7.89. The Kier molecular flexibility index (Phi) is 5.90. The number of aryl methyl sites for hydroxylation is 1. The van der Waals surface area contributed by atoms with Gasteiger partial charge in [-0.1, -0.05) is 6.07 Å². The molecule has 0 saturated heterocycles. The summed E-state index contributed by atoms with van der Waals surface area (Å²) in [5, 5.41) is 8.91. The third kappa shape index (κ3) is 4.75. The van der Waals surface area contributed by atoms with Crippen molar-refractivity contribution in [1.29, 1.82) is 0 Å². The molecule has 138 valence electrons. The standard InChI is InChI=1S/C16H16N2O6S2/c1-9-6-11(7-13(10(9)2)26(17,22)23)16(21)24-8-14(19)18-15(20)12-4-3-5-25-12/h3-7H,8H2,1-2H3,(H2,17,22,23)(H,18,19,20). The number of nitrogens with two attached hydrogens (primary N) is 1. The minimum Gasteiger partial charge on any atom is -0.452 e. The first-order valence-electron chi connectivity index (χ1n) is 7.28. The first-order chi connectivity index (χ1) is 12.1. The van der Waals surface area contributed by atoms with E-state index in [2.05, 4.69) is 5.32 Å². The van der Waals surface area contributed by atoms with Crippen LogP contribution in [-0.4, -0.2) is 32.8 Å². The van der Waals surface area contributed by atoms with Crippen LogP contribution < -0.4 is 10.5 Å². The summed E-state index contributed by atoms with van der Waals surface area (Å²) in [5.74, 6) is -2.30. The van der Waals surface area contributed by atoms with Crippen molar-refractivity contribution in [2.75, 3.05) is 6.61 Å². The summed E-state index contributed by atoms with van der Waals surface area (Å²) in [5.41, 5.74) is 0.888. The summed E-state index contributed by atoms with van der Waals surface area (Å²) in [4.78, 5) is 35.7. The van der Waals surface area contributed by atoms with Gasteiger partial charge in [0.2, 0.25) is 10.0 Å². The number of thiophene rings is 1. The van der Waals surface area contributed by atoms with Gasteiger partial charge in [0.25, 0.3) is 11.8 Å². The molecule has 0 aliphatic heterocycles. The summed E-state index contributed by atoms with van der Waals surface area (Å²) >= 11 is 1.16. The lowest BCUT2D eigenvalue weighted by Crippen LogP contribution is -2.33. The zero-order chi connectivity index (χ0) is 19.5. The summed E-state index contributed by atoms with van der Waals surface area (Å²) in [6.07, 6.45) is 0. The highest BCUT2D eigenvalue weighted by Crippen LogP contribution is 2.20. The predicted molar refractivity (Wildman–Crippen MR) is 94.4 cm³/mol. The Morgan fingerprint density at radius 2 is 1.92 bits per heavy atom. The molecule has 3 N–H and O–H groups in total. The second kappa shape index (κ2) is 7.77. The summed E-state index contributed by atoms with van der Waals surface area (Å²) in [7, 11) is -4.01. The molecule has 2 amide bonds. The van der Waals surface area contributed by atoms with Crippen LogP contribution >= 0.6 is 11.3 Å². The molecule has 2 rings (SSSR count). The number of sulfonamides is 1. The van der Waals surface area contributed by atoms with Crippen LogP contribution in [0, 0.1) is 13.8 Å². The lowest BCUT2D eigenvalue weighted by molar-refractivity contribution is -0.123. The quantitative estimate of drug-likeness (QED) is 0.728. The molecule has 0 aliphatic carbocycles. The van der Waals surface area contributed by atoms with Crippen LogP contribution in [-0.2, 0) is 19.6 Å². The number of hydrogen-bond donors (Lipinski definition) is 2. The van der Waals surface area contributed by atoms with E-state index in [1.807, 2.05) is 0 Å². The smallest absolute Gasteiger partial charge is 0.338 e. The Labute approximate surface area is 154 Å². The Bertz CT molecular complexity index is 965. The molecule has 0 spiro atoms. The van der Waals surface area contributed by atoms with Gasteiger partial charge in [-0.05, 0) is 48.6 Å². The number of ether oxygens (including phenoxy) is 1. The molecule has 0 unspecified atom stereocenters. The minimum atomic E-state index is -4.01. The highest BCUT2D eigenvalue weighted by Gasteiger charge is 2.19. The molecule has 0 atom stereocenters. The topological polar surface area (TPSA) is 133 Å². The summed E-state index contributed by atoms with van der Waals surface area (Å²) < 4.78 is 28.0. The highest BCUT2D eigenvalue weighted by atomic mass is 32.2. The van der Waals surface area contributed by atoms with E-state index in [0.717, 1.165) is 17.4 Å². The molecule has 1 aromatic heterocycles. The maximum Gasteiger partial charge on any atom is 0.338 e. The van der Waals surface area contributed by atoms with Crippen molar-refractivity contribution in [2.45, 2.75) is 18.7 Å². The number of nitrogens with one attached hydrogen (secondary N) is 1. The first kappa shape index (κ1) is 19.8. The van der Waals surface area contributed by atoms with Gasteiger partial charge in [-0.2, -0.15) is 0 Å². The zero-order valence-electron chi connectivity index (χ0n) is 13.9. The Hall–Kier alpha value is -2.56. The molecule has 10 heteroatoms.